The van der Waals surface area contributed by atoms with Crippen molar-refractivity contribution in [2.75, 3.05) is 19.6 Å². The highest BCUT2D eigenvalue weighted by Crippen LogP contribution is 2.15. The van der Waals surface area contributed by atoms with Gasteiger partial charge < -0.3 is 10.0 Å². The van der Waals surface area contributed by atoms with Gasteiger partial charge in [-0.25, -0.2) is 0 Å². The smallest absolute Gasteiger partial charge is 0.0664 e. The van der Waals surface area contributed by atoms with Crippen molar-refractivity contribution in [2.45, 2.75) is 32.8 Å². The first kappa shape index (κ1) is 9.01. The fraction of sp³-hybridized carbons (Fsp3) is 1.00. The average molecular weight is 157 g/mol. The van der Waals surface area contributed by atoms with E-state index >= 15 is 0 Å². The normalized spacial score (nSPS) is 29.2. The van der Waals surface area contributed by atoms with Crippen molar-refractivity contribution in [3.63, 3.8) is 0 Å². The summed E-state index contributed by atoms with van der Waals surface area (Å²) < 4.78 is 0. The minimum Gasteiger partial charge on any atom is -0.392 e. The zero-order valence-electron chi connectivity index (χ0n) is 7.58. The summed E-state index contributed by atoms with van der Waals surface area (Å²) in [5.74, 6) is 0.832. The first-order valence-corrected chi connectivity index (χ1v) is 4.62. The summed E-state index contributed by atoms with van der Waals surface area (Å²) in [5, 5.41) is 9.36. The van der Waals surface area contributed by atoms with Gasteiger partial charge in [0.05, 0.1) is 6.10 Å². The van der Waals surface area contributed by atoms with Crippen LogP contribution in [0.3, 0.4) is 0 Å². The Kier molecular flexibility index (Phi) is 3.34. The van der Waals surface area contributed by atoms with Gasteiger partial charge in [0.25, 0.3) is 0 Å². The quantitative estimate of drug-likeness (QED) is 0.663. The van der Waals surface area contributed by atoms with Crippen LogP contribution in [-0.4, -0.2) is 35.7 Å². The number of rotatable bonds is 3. The molecular weight excluding hydrogens is 138 g/mol. The Balaban J connectivity index is 2.17. The van der Waals surface area contributed by atoms with E-state index in [1.54, 1.807) is 0 Å². The summed E-state index contributed by atoms with van der Waals surface area (Å²) in [7, 11) is 0. The predicted octanol–water partition coefficient (Wildman–Crippen LogP) is 1.10. The van der Waals surface area contributed by atoms with Crippen molar-refractivity contribution in [3.8, 4) is 0 Å². The van der Waals surface area contributed by atoms with Crippen LogP contribution in [0.5, 0.6) is 0 Å². The second-order valence-corrected chi connectivity index (χ2v) is 3.72. The van der Waals surface area contributed by atoms with E-state index in [1.807, 2.05) is 6.92 Å². The van der Waals surface area contributed by atoms with Gasteiger partial charge >= 0.3 is 0 Å². The molecule has 0 spiro atoms. The second-order valence-electron chi connectivity index (χ2n) is 3.72. The summed E-state index contributed by atoms with van der Waals surface area (Å²) in [6.07, 6.45) is 2.07. The van der Waals surface area contributed by atoms with Gasteiger partial charge in [0, 0.05) is 13.1 Å². The first-order valence-electron chi connectivity index (χ1n) is 4.62. The Morgan fingerprint density at radius 3 is 2.82 bits per heavy atom. The maximum atomic E-state index is 9.36. The van der Waals surface area contributed by atoms with Crippen LogP contribution < -0.4 is 0 Å². The molecule has 11 heavy (non-hydrogen) atoms. The molecule has 1 heterocycles. The summed E-state index contributed by atoms with van der Waals surface area (Å²) in [6, 6.07) is 0. The van der Waals surface area contributed by atoms with Gasteiger partial charge in [0.15, 0.2) is 0 Å². The van der Waals surface area contributed by atoms with Crippen molar-refractivity contribution in [1.82, 2.24) is 4.90 Å². The maximum Gasteiger partial charge on any atom is 0.0664 e. The molecule has 0 radical (unpaired) electrons. The van der Waals surface area contributed by atoms with Gasteiger partial charge in [-0.3, -0.25) is 0 Å². The van der Waals surface area contributed by atoms with Gasteiger partial charge in [-0.2, -0.15) is 0 Å². The molecule has 0 amide bonds. The fourth-order valence-electron chi connectivity index (χ4n) is 1.62. The van der Waals surface area contributed by atoms with E-state index in [1.165, 1.54) is 19.5 Å². The molecule has 0 aromatic carbocycles. The molecule has 0 saturated carbocycles. The van der Waals surface area contributed by atoms with Crippen LogP contribution in [0.4, 0.5) is 0 Å². The van der Waals surface area contributed by atoms with Crippen LogP contribution in [0.15, 0.2) is 0 Å². The Morgan fingerprint density at radius 2 is 2.36 bits per heavy atom. The first-order chi connectivity index (χ1) is 5.22. The minimum atomic E-state index is -0.111. The lowest BCUT2D eigenvalue weighted by Crippen LogP contribution is -2.30. The summed E-state index contributed by atoms with van der Waals surface area (Å²) in [6.45, 7) is 7.54. The van der Waals surface area contributed by atoms with Crippen LogP contribution in [-0.2, 0) is 0 Å². The highest BCUT2D eigenvalue weighted by Gasteiger charge is 2.19. The van der Waals surface area contributed by atoms with E-state index < -0.39 is 0 Å². The predicted molar refractivity (Wildman–Crippen MR) is 46.5 cm³/mol. The van der Waals surface area contributed by atoms with Crippen molar-refractivity contribution in [1.29, 1.82) is 0 Å². The van der Waals surface area contributed by atoms with E-state index in [9.17, 15) is 5.11 Å². The number of aliphatic hydroxyl groups excluding tert-OH is 1. The number of hydrogen-bond acceptors (Lipinski definition) is 2. The van der Waals surface area contributed by atoms with Crippen LogP contribution in [0.25, 0.3) is 0 Å². The molecule has 2 nitrogen and oxygen atoms in total. The number of nitrogens with zero attached hydrogens (tertiary/aromatic N) is 1. The van der Waals surface area contributed by atoms with Crippen molar-refractivity contribution < 1.29 is 5.11 Å². The molecule has 1 rings (SSSR count). The summed E-state index contributed by atoms with van der Waals surface area (Å²) in [4.78, 5) is 2.36. The molecule has 1 aliphatic rings. The third-order valence-electron chi connectivity index (χ3n) is 2.45. The molecule has 0 aliphatic carbocycles. The SMILES string of the molecule is CCC(O)CN1CCC(C)C1. The number of likely N-dealkylation sites (tertiary alicyclic amines) is 1. The third kappa shape index (κ3) is 2.80. The van der Waals surface area contributed by atoms with Gasteiger partial charge in [-0.05, 0) is 25.3 Å². The van der Waals surface area contributed by atoms with Gasteiger partial charge in [0.1, 0.15) is 0 Å². The van der Waals surface area contributed by atoms with Crippen molar-refractivity contribution >= 4 is 0 Å². The van der Waals surface area contributed by atoms with Crippen molar-refractivity contribution in [3.05, 3.63) is 0 Å². The van der Waals surface area contributed by atoms with Gasteiger partial charge in [-0.1, -0.05) is 13.8 Å². The molecule has 1 aliphatic heterocycles. The van der Waals surface area contributed by atoms with Crippen molar-refractivity contribution in [2.24, 2.45) is 5.92 Å². The molecule has 0 aromatic heterocycles. The summed E-state index contributed by atoms with van der Waals surface area (Å²) >= 11 is 0. The Bertz CT molecular complexity index is 116. The number of hydrogen-bond donors (Lipinski definition) is 1. The Morgan fingerprint density at radius 1 is 1.64 bits per heavy atom. The molecule has 1 saturated heterocycles. The lowest BCUT2D eigenvalue weighted by molar-refractivity contribution is 0.120. The minimum absolute atomic E-state index is 0.111. The van der Waals surface area contributed by atoms with Crippen LogP contribution in [0.2, 0.25) is 0 Å². The zero-order chi connectivity index (χ0) is 8.27. The number of β-amino-alcohol motifs (C(OH)–C–C–N with tert-alkyl or cyclic N) is 1. The molecular formula is C9H19NO. The molecule has 2 atom stereocenters. The molecule has 1 N–H and O–H groups in total. The second kappa shape index (κ2) is 4.07. The average Bonchev–Trinajstić information content (AvgIpc) is 2.35. The van der Waals surface area contributed by atoms with Gasteiger partial charge in [-0.15, -0.1) is 0 Å². The standard InChI is InChI=1S/C9H19NO/c1-3-9(11)7-10-5-4-8(2)6-10/h8-9,11H,3-7H2,1-2H3. The van der Waals surface area contributed by atoms with E-state index in [-0.39, 0.29) is 6.10 Å². The molecule has 2 unspecified atom stereocenters. The maximum absolute atomic E-state index is 9.36. The highest BCUT2D eigenvalue weighted by molar-refractivity contribution is 4.74. The van der Waals surface area contributed by atoms with Gasteiger partial charge in [0.2, 0.25) is 0 Å². The Hall–Kier alpha value is -0.0800. The zero-order valence-corrected chi connectivity index (χ0v) is 7.58. The lowest BCUT2D eigenvalue weighted by Gasteiger charge is -2.18. The van der Waals surface area contributed by atoms with Crippen LogP contribution in [0.1, 0.15) is 26.7 Å². The van der Waals surface area contributed by atoms with Crippen LogP contribution >= 0.6 is 0 Å². The lowest BCUT2D eigenvalue weighted by atomic mass is 10.2. The third-order valence-corrected chi connectivity index (χ3v) is 2.45. The highest BCUT2D eigenvalue weighted by atomic mass is 16.3. The summed E-state index contributed by atoms with van der Waals surface area (Å²) in [5.41, 5.74) is 0. The van der Waals surface area contributed by atoms with E-state index in [2.05, 4.69) is 11.8 Å². The molecule has 0 aromatic rings. The molecule has 0 bridgehead atoms. The monoisotopic (exact) mass is 157 g/mol. The molecule has 1 fully saturated rings. The Labute approximate surface area is 69.2 Å². The van der Waals surface area contributed by atoms with E-state index in [0.29, 0.717) is 0 Å². The number of aliphatic hydroxyl groups is 1. The van der Waals surface area contributed by atoms with E-state index in [0.717, 1.165) is 18.9 Å². The molecule has 66 valence electrons. The molecule has 2 heteroatoms. The fourth-order valence-corrected chi connectivity index (χ4v) is 1.62. The van der Waals surface area contributed by atoms with E-state index in [4.69, 9.17) is 0 Å². The largest absolute Gasteiger partial charge is 0.392 e. The van der Waals surface area contributed by atoms with Crippen LogP contribution in [0, 0.1) is 5.92 Å². The topological polar surface area (TPSA) is 23.5 Å².